The summed E-state index contributed by atoms with van der Waals surface area (Å²) in [4.78, 5) is 32.5. The van der Waals surface area contributed by atoms with Gasteiger partial charge >= 0.3 is 15.3 Å². The average Bonchev–Trinajstić information content (AvgIpc) is 1.36. The van der Waals surface area contributed by atoms with Crippen LogP contribution in [0.4, 0.5) is 0 Å². The zero-order valence-corrected chi connectivity index (χ0v) is 4.92. The van der Waals surface area contributed by atoms with E-state index in [4.69, 9.17) is 24.0 Å². The molecule has 0 aliphatic heterocycles. The Morgan fingerprint density at radius 2 is 1.29 bits per heavy atom. The third-order valence-corrected chi connectivity index (χ3v) is 0. The fourth-order valence-electron chi connectivity index (χ4n) is 0. The third-order valence-electron chi connectivity index (χ3n) is 0. The molecule has 7 heteroatoms. The molecule has 1 N–H and O–H groups in total. The first kappa shape index (κ1) is 10.3. The molecule has 0 fully saturated rings. The zero-order chi connectivity index (χ0) is 6.50. The van der Waals surface area contributed by atoms with Gasteiger partial charge in [0.15, 0.2) is 0 Å². The Hall–Kier alpha value is 0.287. The zero-order valence-electron chi connectivity index (χ0n) is 3.03. The molecule has 0 aromatic carbocycles. The van der Waals surface area contributed by atoms with Crippen molar-refractivity contribution in [1.29, 1.82) is 0 Å². The fraction of sp³-hybridized carbons (Fsp3) is 0. The van der Waals surface area contributed by atoms with Crippen LogP contribution in [0.15, 0.2) is 0 Å². The topological polar surface area (TPSA) is 106 Å². The minimum atomic E-state index is -5.39. The molecular formula is HO5PSi. The molecule has 0 saturated carbocycles. The maximum absolute atomic E-state index is 8.55. The first-order valence-corrected chi connectivity index (χ1v) is 2.86. The quantitative estimate of drug-likeness (QED) is 0.274. The molecule has 0 amide bonds. The van der Waals surface area contributed by atoms with Crippen molar-refractivity contribution in [3.63, 3.8) is 0 Å². The first-order valence-electron chi connectivity index (χ1n) is 0.954. The van der Waals surface area contributed by atoms with E-state index in [9.17, 15) is 0 Å². The molecule has 0 rings (SSSR count). The van der Waals surface area contributed by atoms with E-state index in [2.05, 4.69) is 0 Å². The molecule has 0 radical (unpaired) electrons. The summed E-state index contributed by atoms with van der Waals surface area (Å²) in [6, 6.07) is 0. The molecule has 40 valence electrons. The van der Waals surface area contributed by atoms with Gasteiger partial charge in [0.05, 0.1) is 0 Å². The van der Waals surface area contributed by atoms with Crippen LogP contribution in [0.25, 0.3) is 0 Å². The number of rotatable bonds is 0. The Balaban J connectivity index is 0. The first-order chi connectivity index (χ1) is 3.00. The SMILES string of the molecule is O=P([O-])([O-])[O-].O[Si+3]. The number of phosphoric acid groups is 1. The number of hydrogen-bond donors (Lipinski definition) is 1. The van der Waals surface area contributed by atoms with Crippen molar-refractivity contribution in [1.82, 2.24) is 0 Å². The van der Waals surface area contributed by atoms with Gasteiger partial charge in [-0.05, 0) is 0 Å². The summed E-state index contributed by atoms with van der Waals surface area (Å²) in [6.45, 7) is 0. The number of hydrogen-bond acceptors (Lipinski definition) is 5. The summed E-state index contributed by atoms with van der Waals surface area (Å²) in [5.41, 5.74) is 0. The maximum atomic E-state index is 8.55. The Morgan fingerprint density at radius 1 is 1.29 bits per heavy atom. The van der Waals surface area contributed by atoms with Crippen molar-refractivity contribution < 1.29 is 24.0 Å². The van der Waals surface area contributed by atoms with Crippen molar-refractivity contribution in [2.45, 2.75) is 0 Å². The van der Waals surface area contributed by atoms with Crippen LogP contribution in [0.3, 0.4) is 0 Å². The third kappa shape index (κ3) is 1400. The van der Waals surface area contributed by atoms with E-state index in [0.717, 1.165) is 0 Å². The summed E-state index contributed by atoms with van der Waals surface area (Å²) in [6.07, 6.45) is 0. The van der Waals surface area contributed by atoms with Crippen LogP contribution in [0.5, 0.6) is 0 Å². The van der Waals surface area contributed by atoms with Gasteiger partial charge in [-0.2, -0.15) is 7.82 Å². The van der Waals surface area contributed by atoms with Gasteiger partial charge in [0.2, 0.25) is 0 Å². The van der Waals surface area contributed by atoms with Gasteiger partial charge in [0.1, 0.15) is 0 Å². The van der Waals surface area contributed by atoms with Crippen molar-refractivity contribution in [2.75, 3.05) is 0 Å². The van der Waals surface area contributed by atoms with E-state index >= 15 is 0 Å². The molecule has 0 bridgehead atoms. The van der Waals surface area contributed by atoms with E-state index in [1.54, 1.807) is 0 Å². The molecule has 0 spiro atoms. The van der Waals surface area contributed by atoms with Gasteiger partial charge in [-0.3, -0.25) is 0 Å². The van der Waals surface area contributed by atoms with Gasteiger partial charge in [0, 0.05) is 0 Å². The molecule has 0 aliphatic carbocycles. The monoisotopic (exact) mass is 140 g/mol. The van der Waals surface area contributed by atoms with Crippen molar-refractivity contribution >= 4 is 18.3 Å². The molecule has 0 aliphatic rings. The van der Waals surface area contributed by atoms with E-state index in [1.165, 1.54) is 0 Å². The van der Waals surface area contributed by atoms with Crippen LogP contribution >= 0.6 is 7.82 Å². The Kier molecular flexibility index (Phi) is 6.54. The summed E-state index contributed by atoms with van der Waals surface area (Å²) in [7, 11) is -3.42. The molecule has 0 aromatic heterocycles. The summed E-state index contributed by atoms with van der Waals surface area (Å²) >= 11 is 0. The molecule has 0 heterocycles. The standard InChI is InChI=1S/H3O4P.HOSi/c1-5(2,3)4;1-2/h(H3,1,2,3,4);1H/q;+3/p-3. The predicted octanol–water partition coefficient (Wildman–Crippen LogP) is -3.76. The van der Waals surface area contributed by atoms with E-state index in [-0.39, 0.29) is 0 Å². The molecule has 0 unspecified atom stereocenters. The Morgan fingerprint density at radius 3 is 1.29 bits per heavy atom. The molecule has 7 heavy (non-hydrogen) atoms. The molecule has 0 atom stereocenters. The van der Waals surface area contributed by atoms with Crippen molar-refractivity contribution in [3.05, 3.63) is 0 Å². The van der Waals surface area contributed by atoms with Crippen LogP contribution in [-0.4, -0.2) is 15.3 Å². The van der Waals surface area contributed by atoms with Crippen molar-refractivity contribution in [3.8, 4) is 0 Å². The molecular weight excluding hydrogens is 139 g/mol. The Bertz CT molecular complexity index is 54.2. The Labute approximate surface area is 43.4 Å². The van der Waals surface area contributed by atoms with E-state index in [1.807, 2.05) is 10.5 Å². The second-order valence-electron chi connectivity index (χ2n) is 0.447. The van der Waals surface area contributed by atoms with Gasteiger partial charge in [0.25, 0.3) is 0 Å². The summed E-state index contributed by atoms with van der Waals surface area (Å²) < 4.78 is 8.55. The summed E-state index contributed by atoms with van der Waals surface area (Å²) in [5, 5.41) is 0. The van der Waals surface area contributed by atoms with Gasteiger partial charge < -0.3 is 19.2 Å². The van der Waals surface area contributed by atoms with E-state index in [0.29, 0.717) is 0 Å². The molecule has 5 nitrogen and oxygen atoms in total. The fourth-order valence-corrected chi connectivity index (χ4v) is 0. The summed E-state index contributed by atoms with van der Waals surface area (Å²) in [5.74, 6) is 0. The van der Waals surface area contributed by atoms with Crippen LogP contribution < -0.4 is 14.7 Å². The van der Waals surface area contributed by atoms with Crippen molar-refractivity contribution in [2.24, 2.45) is 0 Å². The minimum absolute atomic E-state index is 1.97. The van der Waals surface area contributed by atoms with Crippen LogP contribution in [0.1, 0.15) is 0 Å². The second kappa shape index (κ2) is 4.45. The molecule has 0 saturated heterocycles. The van der Waals surface area contributed by atoms with Gasteiger partial charge in [-0.1, -0.05) is 0 Å². The normalized spacial score (nSPS) is 9.43. The average molecular weight is 140 g/mol. The second-order valence-corrected chi connectivity index (χ2v) is 1.34. The van der Waals surface area contributed by atoms with Crippen LogP contribution in [0.2, 0.25) is 0 Å². The van der Waals surface area contributed by atoms with Crippen LogP contribution in [0, 0.1) is 0 Å². The van der Waals surface area contributed by atoms with Gasteiger partial charge in [-0.15, -0.1) is 0 Å². The molecule has 0 aromatic rings. The predicted molar refractivity (Wildman–Crippen MR) is 15.6 cm³/mol. The van der Waals surface area contributed by atoms with Gasteiger partial charge in [-0.25, -0.2) is 0 Å². The van der Waals surface area contributed by atoms with Crippen LogP contribution in [-0.2, 0) is 4.57 Å². The van der Waals surface area contributed by atoms with E-state index < -0.39 is 7.82 Å².